The maximum Gasteiger partial charge on any atom is 0.296 e. The van der Waals surface area contributed by atoms with Gasteiger partial charge in [-0.3, -0.25) is 4.57 Å². The second-order valence-electron chi connectivity index (χ2n) is 11.5. The number of nitrogens with zero attached hydrogens (tertiary/aromatic N) is 6. The van der Waals surface area contributed by atoms with Gasteiger partial charge in [-0.1, -0.05) is 20.8 Å². The summed E-state index contributed by atoms with van der Waals surface area (Å²) in [7, 11) is -1.46. The number of halogens is 2. The minimum atomic E-state index is -2.84. The average molecular weight is 561 g/mol. The highest BCUT2D eigenvalue weighted by Gasteiger charge is 2.32. The summed E-state index contributed by atoms with van der Waals surface area (Å²) in [5, 5.41) is 9.99. The highest BCUT2D eigenvalue weighted by atomic mass is 28.3. The fourth-order valence-corrected chi connectivity index (χ4v) is 6.22. The number of hydrogen-bond acceptors (Lipinski definition) is 8. The lowest BCUT2D eigenvalue weighted by Gasteiger charge is -2.30. The van der Waals surface area contributed by atoms with Crippen LogP contribution in [0.3, 0.4) is 0 Å². The molecule has 0 bridgehead atoms. The quantitative estimate of drug-likeness (QED) is 0.430. The SMILES string of the molecule is C[SiH](C)Oc1ccc2c(nc(C(F)F)n2-c2nc(N3CCOCC3)cc(N3CCCC3CO)n2)c1C(C)(C)C. The number of imidazole rings is 1. The number of ether oxygens (including phenoxy) is 1. The third-order valence-corrected chi connectivity index (χ3v) is 7.95. The number of hydrogen-bond donors (Lipinski definition) is 1. The van der Waals surface area contributed by atoms with E-state index in [1.807, 2.05) is 32.9 Å². The smallest absolute Gasteiger partial charge is 0.296 e. The minimum absolute atomic E-state index is 0.000597. The normalized spacial score (nSPS) is 18.7. The van der Waals surface area contributed by atoms with E-state index in [2.05, 4.69) is 27.9 Å². The standard InChI is InChI=1S/C27H38F2N6O3Si/c1-27(2,3)22-19(38-39(4)5)9-8-18-23(22)32-25(24(28)29)35(18)26-30-20(33-11-13-37-14-12-33)15-21(31-26)34-10-6-7-17(34)16-36/h8-9,15,17,24,36,39H,6-7,10-14,16H2,1-5H3. The number of anilines is 2. The van der Waals surface area contributed by atoms with E-state index in [1.54, 1.807) is 6.07 Å². The lowest BCUT2D eigenvalue weighted by atomic mass is 9.85. The second kappa shape index (κ2) is 11.0. The summed E-state index contributed by atoms with van der Waals surface area (Å²) in [4.78, 5) is 18.3. The first-order valence-electron chi connectivity index (χ1n) is 13.7. The number of alkyl halides is 2. The van der Waals surface area contributed by atoms with Gasteiger partial charge in [-0.25, -0.2) is 13.8 Å². The van der Waals surface area contributed by atoms with Crippen molar-refractivity contribution < 1.29 is 23.1 Å². The van der Waals surface area contributed by atoms with E-state index in [0.717, 1.165) is 24.9 Å². The van der Waals surface area contributed by atoms with Crippen molar-refractivity contribution >= 4 is 31.7 Å². The minimum Gasteiger partial charge on any atom is -0.547 e. The molecular weight excluding hydrogens is 522 g/mol. The van der Waals surface area contributed by atoms with Crippen molar-refractivity contribution in [3.63, 3.8) is 0 Å². The van der Waals surface area contributed by atoms with Gasteiger partial charge in [-0.05, 0) is 43.5 Å². The third kappa shape index (κ3) is 5.46. The molecule has 9 nitrogen and oxygen atoms in total. The van der Waals surface area contributed by atoms with Crippen molar-refractivity contribution in [2.24, 2.45) is 0 Å². The number of rotatable bonds is 7. The Labute approximate surface area is 229 Å². The molecule has 1 aromatic carbocycles. The Hall–Kier alpha value is -2.83. The molecule has 2 aromatic heterocycles. The number of benzene rings is 1. The monoisotopic (exact) mass is 560 g/mol. The van der Waals surface area contributed by atoms with E-state index < -0.39 is 26.7 Å². The zero-order valence-electron chi connectivity index (χ0n) is 23.3. The zero-order valence-corrected chi connectivity index (χ0v) is 24.5. The van der Waals surface area contributed by atoms with Crippen LogP contribution in [0, 0.1) is 0 Å². The molecule has 4 heterocycles. The summed E-state index contributed by atoms with van der Waals surface area (Å²) < 4.78 is 42.4. The summed E-state index contributed by atoms with van der Waals surface area (Å²) in [6.45, 7) is 13.4. The van der Waals surface area contributed by atoms with E-state index in [1.165, 1.54) is 4.57 Å². The van der Waals surface area contributed by atoms with Crippen LogP contribution < -0.4 is 14.2 Å². The number of aliphatic hydroxyl groups is 1. The maximum absolute atomic E-state index is 14.6. The lowest BCUT2D eigenvalue weighted by molar-refractivity contribution is 0.122. The number of morpholine rings is 1. The van der Waals surface area contributed by atoms with Gasteiger partial charge in [0.05, 0.1) is 36.9 Å². The van der Waals surface area contributed by atoms with E-state index >= 15 is 0 Å². The Morgan fingerprint density at radius 3 is 2.46 bits per heavy atom. The molecular formula is C27H38F2N6O3Si. The second-order valence-corrected chi connectivity index (χ2v) is 13.8. The molecule has 0 aliphatic carbocycles. The molecule has 39 heavy (non-hydrogen) atoms. The van der Waals surface area contributed by atoms with Gasteiger partial charge in [-0.2, -0.15) is 9.97 Å². The van der Waals surface area contributed by atoms with Crippen molar-refractivity contribution in [3.8, 4) is 11.7 Å². The number of fused-ring (bicyclic) bond motifs is 1. The summed E-state index contributed by atoms with van der Waals surface area (Å²) in [5.41, 5.74) is 1.38. The fourth-order valence-electron chi connectivity index (χ4n) is 5.52. The van der Waals surface area contributed by atoms with Crippen LogP contribution in [0.1, 0.15) is 51.4 Å². The van der Waals surface area contributed by atoms with Gasteiger partial charge in [0, 0.05) is 31.3 Å². The molecule has 1 N–H and O–H groups in total. The summed E-state index contributed by atoms with van der Waals surface area (Å²) in [5.74, 6) is 1.68. The van der Waals surface area contributed by atoms with Crippen molar-refractivity contribution in [2.45, 2.75) is 64.6 Å². The molecule has 212 valence electrons. The van der Waals surface area contributed by atoms with E-state index in [0.29, 0.717) is 54.7 Å². The lowest BCUT2D eigenvalue weighted by Crippen LogP contribution is -2.38. The first kappa shape index (κ1) is 27.7. The molecule has 1 unspecified atom stereocenters. The Kier molecular flexibility index (Phi) is 7.80. The van der Waals surface area contributed by atoms with Crippen molar-refractivity contribution in [3.05, 3.63) is 29.6 Å². The van der Waals surface area contributed by atoms with E-state index in [4.69, 9.17) is 19.1 Å². The Morgan fingerprint density at radius 2 is 1.82 bits per heavy atom. The van der Waals surface area contributed by atoms with E-state index in [9.17, 15) is 13.9 Å². The van der Waals surface area contributed by atoms with Crippen LogP contribution in [0.4, 0.5) is 20.4 Å². The highest BCUT2D eigenvalue weighted by molar-refractivity contribution is 6.49. The maximum atomic E-state index is 14.6. The number of aromatic nitrogens is 4. The molecule has 2 aliphatic rings. The highest BCUT2D eigenvalue weighted by Crippen LogP contribution is 2.40. The van der Waals surface area contributed by atoms with Crippen LogP contribution in [0.25, 0.3) is 17.0 Å². The first-order valence-corrected chi connectivity index (χ1v) is 16.5. The van der Waals surface area contributed by atoms with Crippen LogP contribution in [0.2, 0.25) is 13.1 Å². The van der Waals surface area contributed by atoms with Crippen LogP contribution >= 0.6 is 0 Å². The number of aliphatic hydroxyl groups excluding tert-OH is 1. The Balaban J connectivity index is 1.75. The summed E-state index contributed by atoms with van der Waals surface area (Å²) in [6.07, 6.45) is -1.08. The van der Waals surface area contributed by atoms with Crippen LogP contribution in [-0.2, 0) is 10.2 Å². The van der Waals surface area contributed by atoms with Gasteiger partial charge in [0.15, 0.2) is 5.82 Å². The molecule has 2 saturated heterocycles. The fraction of sp³-hybridized carbons (Fsp3) is 0.593. The molecule has 0 saturated carbocycles. The molecule has 2 aliphatic heterocycles. The van der Waals surface area contributed by atoms with Gasteiger partial charge in [-0.15, -0.1) is 0 Å². The third-order valence-electron chi connectivity index (χ3n) is 7.23. The van der Waals surface area contributed by atoms with Gasteiger partial charge in [0.2, 0.25) is 15.0 Å². The molecule has 12 heteroatoms. The molecule has 0 spiro atoms. The van der Waals surface area contributed by atoms with Crippen molar-refractivity contribution in [1.29, 1.82) is 0 Å². The predicted octanol–water partition coefficient (Wildman–Crippen LogP) is 4.21. The largest absolute Gasteiger partial charge is 0.547 e. The van der Waals surface area contributed by atoms with E-state index in [-0.39, 0.29) is 18.6 Å². The van der Waals surface area contributed by atoms with Gasteiger partial charge < -0.3 is 24.1 Å². The predicted molar refractivity (Wildman–Crippen MR) is 150 cm³/mol. The Bertz CT molecular complexity index is 1320. The van der Waals surface area contributed by atoms with Gasteiger partial charge in [0.25, 0.3) is 6.43 Å². The summed E-state index contributed by atoms with van der Waals surface area (Å²) >= 11 is 0. The first-order chi connectivity index (χ1) is 18.6. The van der Waals surface area contributed by atoms with Crippen LogP contribution in [-0.4, -0.2) is 79.2 Å². The molecule has 0 amide bonds. The van der Waals surface area contributed by atoms with Crippen molar-refractivity contribution in [2.75, 3.05) is 49.3 Å². The van der Waals surface area contributed by atoms with Crippen LogP contribution in [0.5, 0.6) is 5.75 Å². The summed E-state index contributed by atoms with van der Waals surface area (Å²) in [6, 6.07) is 5.46. The molecule has 5 rings (SSSR count). The van der Waals surface area contributed by atoms with Crippen LogP contribution in [0.15, 0.2) is 18.2 Å². The molecule has 0 radical (unpaired) electrons. The van der Waals surface area contributed by atoms with Gasteiger partial charge in [0.1, 0.15) is 17.4 Å². The zero-order chi connectivity index (χ0) is 27.9. The topological polar surface area (TPSA) is 88.8 Å². The molecule has 3 aromatic rings. The molecule has 1 atom stereocenters. The molecule has 2 fully saturated rings. The average Bonchev–Trinajstić information content (AvgIpc) is 3.52. The Morgan fingerprint density at radius 1 is 1.10 bits per heavy atom. The van der Waals surface area contributed by atoms with Crippen molar-refractivity contribution in [1.82, 2.24) is 19.5 Å². The van der Waals surface area contributed by atoms with Gasteiger partial charge >= 0.3 is 0 Å².